The summed E-state index contributed by atoms with van der Waals surface area (Å²) in [7, 11) is -0.382. The molecule has 19 heavy (non-hydrogen) atoms. The molecule has 0 fully saturated rings. The van der Waals surface area contributed by atoms with Gasteiger partial charge in [-0.3, -0.25) is 0 Å². The van der Waals surface area contributed by atoms with Gasteiger partial charge in [-0.15, -0.1) is 12.4 Å². The molecule has 0 unspecified atom stereocenters. The Bertz CT molecular complexity index is 570. The van der Waals surface area contributed by atoms with Crippen molar-refractivity contribution in [3.8, 4) is 6.07 Å². The van der Waals surface area contributed by atoms with Crippen LogP contribution in [0.15, 0.2) is 23.1 Å². The predicted molar refractivity (Wildman–Crippen MR) is 77.2 cm³/mol. The van der Waals surface area contributed by atoms with Gasteiger partial charge in [-0.05, 0) is 25.2 Å². The highest BCUT2D eigenvalue weighted by Gasteiger charge is 2.23. The molecule has 0 aliphatic carbocycles. The van der Waals surface area contributed by atoms with E-state index in [2.05, 4.69) is 5.32 Å². The van der Waals surface area contributed by atoms with Gasteiger partial charge >= 0.3 is 0 Å². The maximum Gasteiger partial charge on any atom is 0.244 e. The molecular formula is C11H15Cl2N3O2S. The number of likely N-dealkylation sites (N-methyl/N-ethyl adjacent to an activating group) is 2. The molecule has 0 saturated heterocycles. The zero-order valence-electron chi connectivity index (χ0n) is 10.6. The van der Waals surface area contributed by atoms with Crippen LogP contribution in [0.1, 0.15) is 5.56 Å². The molecule has 0 aliphatic heterocycles. The van der Waals surface area contributed by atoms with Crippen molar-refractivity contribution in [2.24, 2.45) is 0 Å². The first-order valence-corrected chi connectivity index (χ1v) is 7.06. The standard InChI is InChI=1S/C11H14ClN3O2S.ClH/c1-14-5-6-15(2)18(16,17)11-4-3-9(8-13)7-10(11)12;/h3-4,7,14H,5-6H2,1-2H3;1H. The van der Waals surface area contributed by atoms with Crippen molar-refractivity contribution in [2.75, 3.05) is 27.2 Å². The Morgan fingerprint density at radius 3 is 2.58 bits per heavy atom. The third-order valence-electron chi connectivity index (χ3n) is 2.43. The summed E-state index contributed by atoms with van der Waals surface area (Å²) >= 11 is 5.90. The van der Waals surface area contributed by atoms with Gasteiger partial charge in [0.15, 0.2) is 0 Å². The molecule has 1 aromatic rings. The number of benzene rings is 1. The van der Waals surface area contributed by atoms with Gasteiger partial charge in [0.25, 0.3) is 0 Å². The Balaban J connectivity index is 0.00000324. The molecule has 1 rings (SSSR count). The summed E-state index contributed by atoms with van der Waals surface area (Å²) in [5.41, 5.74) is 0.330. The maximum absolute atomic E-state index is 12.2. The predicted octanol–water partition coefficient (Wildman–Crippen LogP) is 1.47. The molecule has 0 spiro atoms. The third kappa shape index (κ3) is 4.34. The van der Waals surface area contributed by atoms with Crippen LogP contribution < -0.4 is 5.32 Å². The number of hydrogen-bond acceptors (Lipinski definition) is 4. The van der Waals surface area contributed by atoms with Crippen LogP contribution in [0, 0.1) is 11.3 Å². The largest absolute Gasteiger partial charge is 0.318 e. The molecule has 0 heterocycles. The van der Waals surface area contributed by atoms with E-state index < -0.39 is 10.0 Å². The van der Waals surface area contributed by atoms with Crippen molar-refractivity contribution in [3.63, 3.8) is 0 Å². The van der Waals surface area contributed by atoms with Crippen molar-refractivity contribution in [1.29, 1.82) is 5.26 Å². The lowest BCUT2D eigenvalue weighted by Crippen LogP contribution is -2.33. The molecule has 1 aromatic carbocycles. The van der Waals surface area contributed by atoms with E-state index in [-0.39, 0.29) is 22.3 Å². The summed E-state index contributed by atoms with van der Waals surface area (Å²) < 4.78 is 25.6. The highest BCUT2D eigenvalue weighted by molar-refractivity contribution is 7.89. The van der Waals surface area contributed by atoms with E-state index in [4.69, 9.17) is 16.9 Å². The molecule has 0 atom stereocenters. The maximum atomic E-state index is 12.2. The quantitative estimate of drug-likeness (QED) is 0.890. The Morgan fingerprint density at radius 1 is 1.47 bits per heavy atom. The molecule has 5 nitrogen and oxygen atoms in total. The second kappa shape index (κ2) is 7.68. The summed E-state index contributed by atoms with van der Waals surface area (Å²) in [4.78, 5) is 0.0155. The summed E-state index contributed by atoms with van der Waals surface area (Å²) in [6.45, 7) is 0.888. The zero-order valence-corrected chi connectivity index (χ0v) is 12.9. The number of nitriles is 1. The van der Waals surface area contributed by atoms with E-state index in [1.54, 1.807) is 7.05 Å². The minimum atomic E-state index is -3.61. The Hall–Kier alpha value is -0.840. The third-order valence-corrected chi connectivity index (χ3v) is 4.77. The lowest BCUT2D eigenvalue weighted by molar-refractivity contribution is 0.466. The van der Waals surface area contributed by atoms with Crippen molar-refractivity contribution in [1.82, 2.24) is 9.62 Å². The topological polar surface area (TPSA) is 73.2 Å². The van der Waals surface area contributed by atoms with Gasteiger partial charge in [0.1, 0.15) is 4.90 Å². The minimum Gasteiger partial charge on any atom is -0.318 e. The van der Waals surface area contributed by atoms with Gasteiger partial charge in [-0.1, -0.05) is 11.6 Å². The monoisotopic (exact) mass is 323 g/mol. The minimum absolute atomic E-state index is 0. The van der Waals surface area contributed by atoms with Crippen molar-refractivity contribution >= 4 is 34.0 Å². The lowest BCUT2D eigenvalue weighted by atomic mass is 10.2. The van der Waals surface area contributed by atoms with Gasteiger partial charge in [-0.25, -0.2) is 8.42 Å². The smallest absolute Gasteiger partial charge is 0.244 e. The van der Waals surface area contributed by atoms with Crippen LogP contribution in [0.2, 0.25) is 5.02 Å². The first-order valence-electron chi connectivity index (χ1n) is 5.24. The first-order chi connectivity index (χ1) is 8.43. The average Bonchev–Trinajstić information content (AvgIpc) is 2.35. The number of hydrogen-bond donors (Lipinski definition) is 1. The van der Waals surface area contributed by atoms with Crippen molar-refractivity contribution in [3.05, 3.63) is 28.8 Å². The van der Waals surface area contributed by atoms with E-state index in [1.807, 2.05) is 6.07 Å². The van der Waals surface area contributed by atoms with E-state index >= 15 is 0 Å². The molecule has 0 bridgehead atoms. The summed E-state index contributed by atoms with van der Waals surface area (Å²) in [5.74, 6) is 0. The van der Waals surface area contributed by atoms with Crippen molar-refractivity contribution < 1.29 is 8.42 Å². The second-order valence-electron chi connectivity index (χ2n) is 3.69. The average molecular weight is 324 g/mol. The highest BCUT2D eigenvalue weighted by Crippen LogP contribution is 2.24. The van der Waals surface area contributed by atoms with Gasteiger partial charge in [0, 0.05) is 20.1 Å². The first kappa shape index (κ1) is 18.2. The van der Waals surface area contributed by atoms with Gasteiger partial charge in [-0.2, -0.15) is 9.57 Å². The fourth-order valence-electron chi connectivity index (χ4n) is 1.34. The lowest BCUT2D eigenvalue weighted by Gasteiger charge is -2.17. The number of nitrogens with one attached hydrogen (secondary N) is 1. The molecular weight excluding hydrogens is 309 g/mol. The fraction of sp³-hybridized carbons (Fsp3) is 0.364. The summed E-state index contributed by atoms with van der Waals surface area (Å²) in [6.07, 6.45) is 0. The highest BCUT2D eigenvalue weighted by atomic mass is 35.5. The molecule has 0 radical (unpaired) electrons. The Kier molecular flexibility index (Phi) is 7.34. The molecule has 8 heteroatoms. The number of nitrogens with zero attached hydrogens (tertiary/aromatic N) is 2. The van der Waals surface area contributed by atoms with E-state index in [0.29, 0.717) is 18.7 Å². The molecule has 106 valence electrons. The summed E-state index contributed by atoms with van der Waals surface area (Å²) in [5, 5.41) is 11.6. The number of rotatable bonds is 5. The van der Waals surface area contributed by atoms with Crippen LogP contribution in [0.3, 0.4) is 0 Å². The molecule has 0 amide bonds. The van der Waals surface area contributed by atoms with E-state index in [0.717, 1.165) is 0 Å². The van der Waals surface area contributed by atoms with E-state index in [1.165, 1.54) is 29.6 Å². The SMILES string of the molecule is CNCCN(C)S(=O)(=O)c1ccc(C#N)cc1Cl.Cl. The van der Waals surface area contributed by atoms with Crippen LogP contribution in [0.5, 0.6) is 0 Å². The number of sulfonamides is 1. The molecule has 0 aliphatic rings. The van der Waals surface area contributed by atoms with Crippen molar-refractivity contribution in [2.45, 2.75) is 4.90 Å². The second-order valence-corrected chi connectivity index (χ2v) is 6.11. The summed E-state index contributed by atoms with van der Waals surface area (Å²) in [6, 6.07) is 6.04. The zero-order chi connectivity index (χ0) is 13.8. The van der Waals surface area contributed by atoms with Gasteiger partial charge in [0.05, 0.1) is 16.7 Å². The van der Waals surface area contributed by atoms with Gasteiger partial charge < -0.3 is 5.32 Å². The Morgan fingerprint density at radius 2 is 2.11 bits per heavy atom. The van der Waals surface area contributed by atoms with Crippen LogP contribution in [0.25, 0.3) is 0 Å². The van der Waals surface area contributed by atoms with E-state index in [9.17, 15) is 8.42 Å². The number of halogens is 2. The van der Waals surface area contributed by atoms with Crippen LogP contribution >= 0.6 is 24.0 Å². The van der Waals surface area contributed by atoms with Gasteiger partial charge in [0.2, 0.25) is 10.0 Å². The fourth-order valence-corrected chi connectivity index (χ4v) is 3.02. The van der Waals surface area contributed by atoms with Crippen LogP contribution in [0.4, 0.5) is 0 Å². The van der Waals surface area contributed by atoms with Crippen LogP contribution in [-0.4, -0.2) is 39.9 Å². The molecule has 0 saturated carbocycles. The molecule has 0 aromatic heterocycles. The normalized spacial score (nSPS) is 10.9. The molecule has 1 N–H and O–H groups in total. The Labute approximate surface area is 124 Å². The van der Waals surface area contributed by atoms with Crippen LogP contribution in [-0.2, 0) is 10.0 Å².